The molecule has 0 radical (unpaired) electrons. The number of aromatic nitrogens is 3. The van der Waals surface area contributed by atoms with Gasteiger partial charge in [-0.1, -0.05) is 48.5 Å². The summed E-state index contributed by atoms with van der Waals surface area (Å²) in [6, 6.07) is 17.4. The van der Waals surface area contributed by atoms with Crippen molar-refractivity contribution in [2.75, 3.05) is 13.1 Å². The normalized spacial score (nSPS) is 20.2. The van der Waals surface area contributed by atoms with Gasteiger partial charge in [0.1, 0.15) is 6.04 Å². The Morgan fingerprint density at radius 2 is 1.82 bits per heavy atom. The maximum absolute atomic E-state index is 13.6. The number of hydrogen-bond donors (Lipinski definition) is 1. The Bertz CT molecular complexity index is 1310. The zero-order valence-corrected chi connectivity index (χ0v) is 18.2. The van der Waals surface area contributed by atoms with Gasteiger partial charge in [-0.15, -0.1) is 0 Å². The first-order valence-electron chi connectivity index (χ1n) is 11.4. The highest BCUT2D eigenvalue weighted by Crippen LogP contribution is 2.42. The van der Waals surface area contributed by atoms with Gasteiger partial charge in [-0.05, 0) is 23.6 Å². The zero-order valence-electron chi connectivity index (χ0n) is 18.2. The fourth-order valence-electron chi connectivity index (χ4n) is 5.36. The lowest BCUT2D eigenvalue weighted by Crippen LogP contribution is -2.63. The summed E-state index contributed by atoms with van der Waals surface area (Å²) >= 11 is 0. The number of nitrogens with zero attached hydrogens (tertiary/aromatic N) is 4. The van der Waals surface area contributed by atoms with Gasteiger partial charge in [-0.3, -0.25) is 9.59 Å². The third-order valence-corrected chi connectivity index (χ3v) is 6.86. The summed E-state index contributed by atoms with van der Waals surface area (Å²) in [5, 5.41) is 1.13. The molecule has 0 aliphatic carbocycles. The maximum Gasteiger partial charge on any atom is 0.246 e. The van der Waals surface area contributed by atoms with Crippen molar-refractivity contribution in [3.63, 3.8) is 0 Å². The number of aryl methyl sites for hydroxylation is 1. The first kappa shape index (κ1) is 19.8. The minimum atomic E-state index is -0.489. The summed E-state index contributed by atoms with van der Waals surface area (Å²) in [4.78, 5) is 38.3. The molecule has 0 bridgehead atoms. The first-order chi connectivity index (χ1) is 16.2. The topological polar surface area (TPSA) is 74.2 Å². The summed E-state index contributed by atoms with van der Waals surface area (Å²) < 4.78 is 1.99. The summed E-state index contributed by atoms with van der Waals surface area (Å²) in [7, 11) is 0. The van der Waals surface area contributed by atoms with Crippen LogP contribution in [0.5, 0.6) is 0 Å². The number of carbonyl (C=O) groups is 2. The van der Waals surface area contributed by atoms with Crippen LogP contribution in [0.3, 0.4) is 0 Å². The van der Waals surface area contributed by atoms with Crippen molar-refractivity contribution < 1.29 is 9.59 Å². The summed E-state index contributed by atoms with van der Waals surface area (Å²) in [5.41, 5.74) is 4.22. The largest absolute Gasteiger partial charge is 0.356 e. The average molecular weight is 440 g/mol. The molecular formula is C26H25N5O2. The number of aromatic amines is 1. The molecule has 4 heterocycles. The number of rotatable bonds is 5. The highest BCUT2D eigenvalue weighted by atomic mass is 16.2. The van der Waals surface area contributed by atoms with Crippen LogP contribution >= 0.6 is 0 Å². The fourth-order valence-corrected chi connectivity index (χ4v) is 5.36. The van der Waals surface area contributed by atoms with Crippen molar-refractivity contribution in [2.24, 2.45) is 0 Å². The van der Waals surface area contributed by atoms with Crippen LogP contribution in [-0.2, 0) is 22.6 Å². The van der Waals surface area contributed by atoms with Crippen LogP contribution < -0.4 is 0 Å². The minimum absolute atomic E-state index is 0.000361. The Balaban J connectivity index is 1.36. The predicted molar refractivity (Wildman–Crippen MR) is 124 cm³/mol. The molecule has 6 rings (SSSR count). The van der Waals surface area contributed by atoms with Crippen LogP contribution in [0, 0.1) is 0 Å². The van der Waals surface area contributed by atoms with Gasteiger partial charge >= 0.3 is 0 Å². The molecule has 1 unspecified atom stereocenters. The van der Waals surface area contributed by atoms with Gasteiger partial charge in [0.05, 0.1) is 18.9 Å². The van der Waals surface area contributed by atoms with Crippen LogP contribution in [0.15, 0.2) is 73.3 Å². The molecule has 7 nitrogen and oxygen atoms in total. The smallest absolute Gasteiger partial charge is 0.246 e. The molecule has 2 aliphatic rings. The molecule has 7 heteroatoms. The number of para-hydroxylation sites is 1. The Hall–Kier alpha value is -3.87. The molecule has 1 fully saturated rings. The Kier molecular flexibility index (Phi) is 4.75. The van der Waals surface area contributed by atoms with Crippen molar-refractivity contribution in [3.05, 3.63) is 90.1 Å². The van der Waals surface area contributed by atoms with Gasteiger partial charge < -0.3 is 19.4 Å². The molecule has 0 spiro atoms. The van der Waals surface area contributed by atoms with Crippen molar-refractivity contribution in [1.29, 1.82) is 0 Å². The van der Waals surface area contributed by atoms with Crippen LogP contribution in [-0.4, -0.2) is 55.3 Å². The van der Waals surface area contributed by atoms with Crippen molar-refractivity contribution in [3.8, 4) is 0 Å². The molecule has 166 valence electrons. The minimum Gasteiger partial charge on any atom is -0.356 e. The highest BCUT2D eigenvalue weighted by Gasteiger charge is 2.47. The van der Waals surface area contributed by atoms with Crippen LogP contribution in [0.2, 0.25) is 0 Å². The van der Waals surface area contributed by atoms with Gasteiger partial charge in [0.15, 0.2) is 0 Å². The molecule has 33 heavy (non-hydrogen) atoms. The standard InChI is InChI=1S/C26H25N5O2/c32-23-16-30(13-6-12-29-14-11-27-17-29)26(33)22-15-20-19-9-4-5-10-21(19)28-24(20)25(31(22)23)18-7-2-1-3-8-18/h1-5,7-11,14,17,22,25,28H,6,12-13,15-16H2/t22-,25?/m0/s1. The van der Waals surface area contributed by atoms with Crippen LogP contribution in [0.4, 0.5) is 0 Å². The van der Waals surface area contributed by atoms with E-state index in [1.807, 2.05) is 58.1 Å². The van der Waals surface area contributed by atoms with Gasteiger partial charge in [0, 0.05) is 48.5 Å². The third kappa shape index (κ3) is 3.31. The van der Waals surface area contributed by atoms with E-state index < -0.39 is 6.04 Å². The van der Waals surface area contributed by atoms with E-state index in [9.17, 15) is 9.59 Å². The van der Waals surface area contributed by atoms with Crippen molar-refractivity contribution >= 4 is 22.7 Å². The number of fused-ring (bicyclic) bond motifs is 4. The van der Waals surface area contributed by atoms with Gasteiger partial charge in [0.2, 0.25) is 11.8 Å². The van der Waals surface area contributed by atoms with E-state index >= 15 is 0 Å². The van der Waals surface area contributed by atoms with E-state index in [1.165, 1.54) is 0 Å². The Morgan fingerprint density at radius 3 is 2.64 bits per heavy atom. The number of H-pyrrole nitrogens is 1. The number of nitrogens with one attached hydrogen (secondary N) is 1. The average Bonchev–Trinajstić information content (AvgIpc) is 3.49. The summed E-state index contributed by atoms with van der Waals surface area (Å²) in [6.07, 6.45) is 6.75. The zero-order chi connectivity index (χ0) is 22.4. The van der Waals surface area contributed by atoms with E-state index in [1.54, 1.807) is 17.4 Å². The number of piperazine rings is 1. The lowest BCUT2D eigenvalue weighted by molar-refractivity contribution is -0.158. The molecule has 2 amide bonds. The molecule has 1 saturated heterocycles. The lowest BCUT2D eigenvalue weighted by atomic mass is 9.86. The maximum atomic E-state index is 13.6. The van der Waals surface area contributed by atoms with Crippen LogP contribution in [0.1, 0.15) is 29.3 Å². The summed E-state index contributed by atoms with van der Waals surface area (Å²) in [5.74, 6) is 0.0393. The molecule has 2 aromatic carbocycles. The predicted octanol–water partition coefficient (Wildman–Crippen LogP) is 3.14. The van der Waals surface area contributed by atoms with E-state index in [-0.39, 0.29) is 24.4 Å². The number of hydrogen-bond acceptors (Lipinski definition) is 3. The lowest BCUT2D eigenvalue weighted by Gasteiger charge is -2.47. The Labute approximate surface area is 191 Å². The second-order valence-electron chi connectivity index (χ2n) is 8.81. The number of carbonyl (C=O) groups excluding carboxylic acids is 2. The van der Waals surface area contributed by atoms with E-state index in [0.717, 1.165) is 40.7 Å². The molecule has 0 saturated carbocycles. The number of benzene rings is 2. The molecule has 4 aromatic rings. The van der Waals surface area contributed by atoms with Crippen LogP contribution in [0.25, 0.3) is 10.9 Å². The Morgan fingerprint density at radius 1 is 1.00 bits per heavy atom. The second kappa shape index (κ2) is 7.92. The van der Waals surface area contributed by atoms with E-state index in [2.05, 4.69) is 22.1 Å². The molecular weight excluding hydrogens is 414 g/mol. The molecule has 2 atom stereocenters. The summed E-state index contributed by atoms with van der Waals surface area (Å²) in [6.45, 7) is 1.45. The van der Waals surface area contributed by atoms with Gasteiger partial charge in [-0.25, -0.2) is 4.98 Å². The fraction of sp³-hybridized carbons (Fsp3) is 0.269. The molecule has 2 aromatic heterocycles. The van der Waals surface area contributed by atoms with E-state index in [0.29, 0.717) is 13.0 Å². The third-order valence-electron chi connectivity index (χ3n) is 6.86. The SMILES string of the molecule is O=C1[C@@H]2Cc3c([nH]c4ccccc34)C(c3ccccc3)N2C(=O)CN1CCCn1ccnc1. The highest BCUT2D eigenvalue weighted by molar-refractivity contribution is 5.97. The molecule has 1 N–H and O–H groups in total. The van der Waals surface area contributed by atoms with Gasteiger partial charge in [-0.2, -0.15) is 0 Å². The quantitative estimate of drug-likeness (QED) is 0.519. The number of imidazole rings is 1. The van der Waals surface area contributed by atoms with Crippen molar-refractivity contribution in [2.45, 2.75) is 31.5 Å². The monoisotopic (exact) mass is 439 g/mol. The van der Waals surface area contributed by atoms with Crippen molar-refractivity contribution in [1.82, 2.24) is 24.3 Å². The first-order valence-corrected chi connectivity index (χ1v) is 11.4. The molecule has 2 aliphatic heterocycles. The van der Waals surface area contributed by atoms with E-state index in [4.69, 9.17) is 0 Å². The van der Waals surface area contributed by atoms with Gasteiger partial charge in [0.25, 0.3) is 0 Å². The second-order valence-corrected chi connectivity index (χ2v) is 8.81. The number of amides is 2.